The zero-order chi connectivity index (χ0) is 14.4. The van der Waals surface area contributed by atoms with Crippen molar-refractivity contribution in [2.45, 2.75) is 19.0 Å². The van der Waals surface area contributed by atoms with Crippen LogP contribution in [0.4, 0.5) is 4.39 Å². The minimum Gasteiger partial charge on any atom is -0.350 e. The Balaban J connectivity index is 1.83. The van der Waals surface area contributed by atoms with Crippen LogP contribution in [0.5, 0.6) is 0 Å². The Bertz CT molecular complexity index is 557. The largest absolute Gasteiger partial charge is 0.350 e. The Morgan fingerprint density at radius 2 is 2.00 bits per heavy atom. The van der Waals surface area contributed by atoms with Gasteiger partial charge in [-0.05, 0) is 29.8 Å². The van der Waals surface area contributed by atoms with Gasteiger partial charge in [0.25, 0.3) is 0 Å². The van der Waals surface area contributed by atoms with E-state index >= 15 is 0 Å². The number of amides is 1. The second-order valence-electron chi connectivity index (χ2n) is 4.46. The van der Waals surface area contributed by atoms with Gasteiger partial charge in [0.2, 0.25) is 5.91 Å². The number of nitrogens with two attached hydrogens (primary N) is 1. The molecule has 4 nitrogen and oxygen atoms in total. The van der Waals surface area contributed by atoms with Gasteiger partial charge in [0.05, 0.1) is 12.2 Å². The Hall–Kier alpha value is -2.27. The molecule has 0 aliphatic rings. The van der Waals surface area contributed by atoms with Crippen molar-refractivity contribution >= 4 is 5.91 Å². The van der Waals surface area contributed by atoms with E-state index in [9.17, 15) is 9.18 Å². The molecule has 2 aromatic rings. The first kappa shape index (κ1) is 14.1. The van der Waals surface area contributed by atoms with Crippen LogP contribution in [0.25, 0.3) is 0 Å². The van der Waals surface area contributed by atoms with E-state index in [2.05, 4.69) is 10.3 Å². The van der Waals surface area contributed by atoms with E-state index in [0.717, 1.165) is 11.3 Å². The highest BCUT2D eigenvalue weighted by molar-refractivity contribution is 5.76. The monoisotopic (exact) mass is 273 g/mol. The molecule has 0 saturated carbocycles. The maximum Gasteiger partial charge on any atom is 0.222 e. The number of nitrogens with zero attached hydrogens (tertiary/aromatic N) is 1. The number of nitrogens with one attached hydrogen (secondary N) is 1. The van der Waals surface area contributed by atoms with Crippen molar-refractivity contribution in [1.82, 2.24) is 10.3 Å². The molecular weight excluding hydrogens is 257 g/mol. The smallest absolute Gasteiger partial charge is 0.222 e. The molecule has 0 aliphatic carbocycles. The summed E-state index contributed by atoms with van der Waals surface area (Å²) in [6.07, 6.45) is 1.82. The van der Waals surface area contributed by atoms with Crippen molar-refractivity contribution < 1.29 is 9.18 Å². The lowest BCUT2D eigenvalue weighted by Gasteiger charge is -2.12. The molecule has 1 aromatic heterocycles. The van der Waals surface area contributed by atoms with Gasteiger partial charge in [-0.3, -0.25) is 9.78 Å². The number of halogens is 1. The van der Waals surface area contributed by atoms with Crippen LogP contribution in [-0.4, -0.2) is 10.9 Å². The van der Waals surface area contributed by atoms with E-state index in [1.807, 2.05) is 18.2 Å². The standard InChI is InChI=1S/C15H16FN3O/c16-12-6-4-11(5-7-12)14(17)9-15(20)19-10-13-3-1-2-8-18-13/h1-8,14H,9-10,17H2,(H,19,20)/t14-/m1/s1. The summed E-state index contributed by atoms with van der Waals surface area (Å²) in [5, 5.41) is 2.76. The maximum absolute atomic E-state index is 12.8. The topological polar surface area (TPSA) is 68.0 Å². The number of carbonyl (C=O) groups excluding carboxylic acids is 1. The van der Waals surface area contributed by atoms with Crippen molar-refractivity contribution in [3.63, 3.8) is 0 Å². The molecule has 0 radical (unpaired) electrons. The van der Waals surface area contributed by atoms with Crippen LogP contribution < -0.4 is 11.1 Å². The molecule has 3 N–H and O–H groups in total. The fourth-order valence-electron chi connectivity index (χ4n) is 1.79. The van der Waals surface area contributed by atoms with Gasteiger partial charge < -0.3 is 11.1 Å². The highest BCUT2D eigenvalue weighted by atomic mass is 19.1. The third kappa shape index (κ3) is 4.13. The summed E-state index contributed by atoms with van der Waals surface area (Å²) in [4.78, 5) is 15.9. The first-order valence-corrected chi connectivity index (χ1v) is 6.33. The van der Waals surface area contributed by atoms with Gasteiger partial charge >= 0.3 is 0 Å². The number of aromatic nitrogens is 1. The van der Waals surface area contributed by atoms with Crippen LogP contribution >= 0.6 is 0 Å². The number of hydrogen-bond donors (Lipinski definition) is 2. The lowest BCUT2D eigenvalue weighted by Crippen LogP contribution is -2.27. The summed E-state index contributed by atoms with van der Waals surface area (Å²) in [5.41, 5.74) is 7.44. The first-order valence-electron chi connectivity index (χ1n) is 6.33. The van der Waals surface area contributed by atoms with Crippen molar-refractivity contribution in [1.29, 1.82) is 0 Å². The summed E-state index contributed by atoms with van der Waals surface area (Å²) < 4.78 is 12.8. The van der Waals surface area contributed by atoms with E-state index < -0.39 is 6.04 Å². The van der Waals surface area contributed by atoms with Gasteiger partial charge in [0.1, 0.15) is 5.82 Å². The van der Waals surface area contributed by atoms with Crippen LogP contribution in [0.3, 0.4) is 0 Å². The van der Waals surface area contributed by atoms with E-state index in [1.54, 1.807) is 18.3 Å². The van der Waals surface area contributed by atoms with E-state index in [0.29, 0.717) is 6.54 Å². The highest BCUT2D eigenvalue weighted by Gasteiger charge is 2.11. The molecule has 0 spiro atoms. The molecule has 5 heteroatoms. The lowest BCUT2D eigenvalue weighted by molar-refractivity contribution is -0.121. The minimum absolute atomic E-state index is 0.151. The summed E-state index contributed by atoms with van der Waals surface area (Å²) in [5.74, 6) is -0.479. The van der Waals surface area contributed by atoms with Crippen molar-refractivity contribution in [2.24, 2.45) is 5.73 Å². The van der Waals surface area contributed by atoms with E-state index in [1.165, 1.54) is 12.1 Å². The number of carbonyl (C=O) groups is 1. The van der Waals surface area contributed by atoms with Gasteiger partial charge in [-0.2, -0.15) is 0 Å². The van der Waals surface area contributed by atoms with Crippen molar-refractivity contribution in [3.8, 4) is 0 Å². The molecule has 1 amide bonds. The van der Waals surface area contributed by atoms with E-state index in [-0.39, 0.29) is 18.1 Å². The number of hydrogen-bond acceptors (Lipinski definition) is 3. The van der Waals surface area contributed by atoms with Gasteiger partial charge in [-0.1, -0.05) is 18.2 Å². The van der Waals surface area contributed by atoms with Crippen molar-refractivity contribution in [3.05, 3.63) is 65.7 Å². The van der Waals surface area contributed by atoms with Crippen LogP contribution in [0, 0.1) is 5.82 Å². The summed E-state index contributed by atoms with van der Waals surface area (Å²) in [6.45, 7) is 0.371. The fourth-order valence-corrected chi connectivity index (χ4v) is 1.79. The Morgan fingerprint density at radius 1 is 1.25 bits per heavy atom. The highest BCUT2D eigenvalue weighted by Crippen LogP contribution is 2.14. The molecule has 104 valence electrons. The predicted molar refractivity (Wildman–Crippen MR) is 74.0 cm³/mol. The van der Waals surface area contributed by atoms with E-state index in [4.69, 9.17) is 5.73 Å². The Morgan fingerprint density at radius 3 is 2.65 bits per heavy atom. The van der Waals surface area contributed by atoms with Gasteiger partial charge in [0, 0.05) is 18.7 Å². The zero-order valence-corrected chi connectivity index (χ0v) is 10.9. The third-order valence-corrected chi connectivity index (χ3v) is 2.90. The molecule has 0 bridgehead atoms. The van der Waals surface area contributed by atoms with Crippen LogP contribution in [0.15, 0.2) is 48.7 Å². The van der Waals surface area contributed by atoms with Gasteiger partial charge in [-0.15, -0.1) is 0 Å². The second-order valence-corrected chi connectivity index (χ2v) is 4.46. The molecule has 0 saturated heterocycles. The average molecular weight is 273 g/mol. The first-order chi connectivity index (χ1) is 9.65. The average Bonchev–Trinajstić information content (AvgIpc) is 2.47. The molecule has 1 heterocycles. The fraction of sp³-hybridized carbons (Fsp3) is 0.200. The molecule has 2 rings (SSSR count). The molecule has 0 unspecified atom stereocenters. The number of benzene rings is 1. The maximum atomic E-state index is 12.8. The van der Waals surface area contributed by atoms with Gasteiger partial charge in [0.15, 0.2) is 0 Å². The molecule has 1 atom stereocenters. The van der Waals surface area contributed by atoms with Crippen LogP contribution in [0.2, 0.25) is 0 Å². The molecule has 0 fully saturated rings. The normalized spacial score (nSPS) is 11.9. The number of pyridine rings is 1. The van der Waals surface area contributed by atoms with Crippen LogP contribution in [-0.2, 0) is 11.3 Å². The molecule has 0 aliphatic heterocycles. The van der Waals surface area contributed by atoms with Crippen molar-refractivity contribution in [2.75, 3.05) is 0 Å². The summed E-state index contributed by atoms with van der Waals surface area (Å²) in [6, 6.07) is 10.9. The second kappa shape index (κ2) is 6.77. The quantitative estimate of drug-likeness (QED) is 0.874. The summed E-state index contributed by atoms with van der Waals surface area (Å²) in [7, 11) is 0. The third-order valence-electron chi connectivity index (χ3n) is 2.90. The lowest BCUT2D eigenvalue weighted by atomic mass is 10.0. The number of rotatable bonds is 5. The molecular formula is C15H16FN3O. The molecule has 1 aromatic carbocycles. The Labute approximate surface area is 116 Å². The van der Waals surface area contributed by atoms with Gasteiger partial charge in [-0.25, -0.2) is 4.39 Å². The molecule has 20 heavy (non-hydrogen) atoms. The van der Waals surface area contributed by atoms with Crippen LogP contribution in [0.1, 0.15) is 23.7 Å². The minimum atomic E-state index is -0.445. The predicted octanol–water partition coefficient (Wildman–Crippen LogP) is 1.93. The zero-order valence-electron chi connectivity index (χ0n) is 10.9. The SMILES string of the molecule is N[C@H](CC(=O)NCc1ccccn1)c1ccc(F)cc1. The summed E-state index contributed by atoms with van der Waals surface area (Å²) >= 11 is 0. The Kier molecular flexibility index (Phi) is 4.79.